The van der Waals surface area contributed by atoms with Crippen LogP contribution in [0, 0.1) is 0 Å². The van der Waals surface area contributed by atoms with Crippen molar-refractivity contribution in [3.8, 4) is 17.1 Å². The van der Waals surface area contributed by atoms with Gasteiger partial charge in [0.15, 0.2) is 5.69 Å². The van der Waals surface area contributed by atoms with Crippen molar-refractivity contribution in [1.82, 2.24) is 15.2 Å². The van der Waals surface area contributed by atoms with Crippen molar-refractivity contribution in [1.29, 1.82) is 0 Å². The molecule has 1 aromatic heterocycles. The molecule has 0 fully saturated rings. The number of ether oxygens (including phenoxy) is 1. The van der Waals surface area contributed by atoms with Crippen molar-refractivity contribution in [3.05, 3.63) is 54.1 Å². The van der Waals surface area contributed by atoms with Gasteiger partial charge in [0.1, 0.15) is 0 Å². The first-order valence-corrected chi connectivity index (χ1v) is 11.4. The molecule has 4 rings (SSSR count). The number of anilines is 1. The van der Waals surface area contributed by atoms with Crippen LogP contribution in [0.1, 0.15) is 25.6 Å². The Hall–Kier alpha value is -2.58. The fourth-order valence-electron chi connectivity index (χ4n) is 3.23. The average molecular weight is 425 g/mol. The summed E-state index contributed by atoms with van der Waals surface area (Å²) in [4.78, 5) is 20.1. The quantitative estimate of drug-likeness (QED) is 0.556. The van der Waals surface area contributed by atoms with E-state index in [1.807, 2.05) is 61.7 Å². The zero-order valence-electron chi connectivity index (χ0n) is 16.3. The van der Waals surface area contributed by atoms with Crippen LogP contribution >= 0.6 is 23.5 Å². The summed E-state index contributed by atoms with van der Waals surface area (Å²) in [5, 5.41) is 9.17. The smallest absolute Gasteiger partial charge is 0.247 e. The van der Waals surface area contributed by atoms with Crippen LogP contribution in [-0.2, 0) is 4.79 Å². The Labute approximate surface area is 178 Å². The highest BCUT2D eigenvalue weighted by atomic mass is 32.2. The number of amides is 1. The van der Waals surface area contributed by atoms with E-state index < -0.39 is 6.23 Å². The molecule has 0 spiro atoms. The Morgan fingerprint density at radius 3 is 2.59 bits per heavy atom. The van der Waals surface area contributed by atoms with Crippen LogP contribution in [0.2, 0.25) is 0 Å². The van der Waals surface area contributed by atoms with Gasteiger partial charge in [0, 0.05) is 22.9 Å². The molecule has 29 heavy (non-hydrogen) atoms. The molecule has 2 heterocycles. The minimum atomic E-state index is -0.651. The summed E-state index contributed by atoms with van der Waals surface area (Å²) in [6.07, 6.45) is 1.38. The minimum Gasteiger partial charge on any atom is -0.447 e. The lowest BCUT2D eigenvalue weighted by Crippen LogP contribution is -2.36. The number of thioether (sulfide) groups is 2. The molecular formula is C21H20N4O2S2. The molecule has 0 saturated carbocycles. The Kier molecular flexibility index (Phi) is 5.73. The van der Waals surface area contributed by atoms with Crippen molar-refractivity contribution in [2.75, 3.05) is 16.9 Å². The summed E-state index contributed by atoms with van der Waals surface area (Å²) in [5.74, 6) is 1.09. The standard InChI is InChI=1S/C21H20N4O2S2/c1-4-29-21-22-19-18(23-24-21)16-7-5-6-8-17(16)25(13(2)26)20(27-19)14-9-11-15(28-3)12-10-14/h5-12,20H,4H2,1-3H3/t20-/m0/s1. The summed E-state index contributed by atoms with van der Waals surface area (Å²) >= 11 is 3.16. The van der Waals surface area contributed by atoms with Gasteiger partial charge < -0.3 is 4.74 Å². The summed E-state index contributed by atoms with van der Waals surface area (Å²) in [6, 6.07) is 15.6. The van der Waals surface area contributed by atoms with Gasteiger partial charge in [-0.15, -0.1) is 22.0 Å². The maximum atomic E-state index is 12.7. The van der Waals surface area contributed by atoms with E-state index in [0.717, 1.165) is 27.5 Å². The van der Waals surface area contributed by atoms with Gasteiger partial charge in [0.25, 0.3) is 0 Å². The molecule has 0 N–H and O–H groups in total. The lowest BCUT2D eigenvalue weighted by molar-refractivity contribution is -0.118. The highest BCUT2D eigenvalue weighted by molar-refractivity contribution is 7.99. The van der Waals surface area contributed by atoms with Crippen molar-refractivity contribution in [3.63, 3.8) is 0 Å². The molecule has 148 valence electrons. The summed E-state index contributed by atoms with van der Waals surface area (Å²) in [6.45, 7) is 3.57. The topological polar surface area (TPSA) is 68.2 Å². The fraction of sp³-hybridized carbons (Fsp3) is 0.238. The van der Waals surface area contributed by atoms with Crippen LogP contribution < -0.4 is 9.64 Å². The maximum absolute atomic E-state index is 12.7. The highest BCUT2D eigenvalue weighted by Gasteiger charge is 2.34. The zero-order valence-corrected chi connectivity index (χ0v) is 18.0. The van der Waals surface area contributed by atoms with Gasteiger partial charge in [-0.2, -0.15) is 4.98 Å². The number of rotatable bonds is 4. The molecule has 0 unspecified atom stereocenters. The Morgan fingerprint density at radius 1 is 1.14 bits per heavy atom. The van der Waals surface area contributed by atoms with Gasteiger partial charge in [-0.3, -0.25) is 9.69 Å². The normalized spacial score (nSPS) is 15.1. The molecule has 2 aromatic carbocycles. The first-order chi connectivity index (χ1) is 14.1. The van der Waals surface area contributed by atoms with E-state index in [0.29, 0.717) is 16.7 Å². The van der Waals surface area contributed by atoms with Crippen LogP contribution in [0.15, 0.2) is 58.6 Å². The number of carbonyl (C=O) groups is 1. The third-order valence-corrected chi connectivity index (χ3v) is 5.99. The van der Waals surface area contributed by atoms with Crippen LogP contribution in [0.25, 0.3) is 11.3 Å². The van der Waals surface area contributed by atoms with E-state index in [2.05, 4.69) is 15.2 Å². The molecule has 1 atom stereocenters. The molecule has 1 aliphatic heterocycles. The summed E-state index contributed by atoms with van der Waals surface area (Å²) in [7, 11) is 0. The van der Waals surface area contributed by atoms with Crippen LogP contribution in [0.5, 0.6) is 5.88 Å². The van der Waals surface area contributed by atoms with Crippen LogP contribution in [-0.4, -0.2) is 33.1 Å². The number of fused-ring (bicyclic) bond motifs is 3. The van der Waals surface area contributed by atoms with E-state index in [4.69, 9.17) is 4.74 Å². The molecule has 1 amide bonds. The second kappa shape index (κ2) is 8.42. The molecule has 0 aliphatic carbocycles. The number of hydrogen-bond acceptors (Lipinski definition) is 7. The van der Waals surface area contributed by atoms with E-state index in [9.17, 15) is 4.79 Å². The zero-order chi connectivity index (χ0) is 20.4. The monoisotopic (exact) mass is 424 g/mol. The maximum Gasteiger partial charge on any atom is 0.247 e. The average Bonchev–Trinajstić information content (AvgIpc) is 2.88. The molecule has 8 heteroatoms. The lowest BCUT2D eigenvalue weighted by Gasteiger charge is -2.30. The van der Waals surface area contributed by atoms with Gasteiger partial charge in [-0.05, 0) is 30.2 Å². The second-order valence-corrected chi connectivity index (χ2v) is 8.44. The predicted molar refractivity (Wildman–Crippen MR) is 116 cm³/mol. The second-order valence-electron chi connectivity index (χ2n) is 6.33. The van der Waals surface area contributed by atoms with Crippen LogP contribution in [0.4, 0.5) is 5.69 Å². The molecule has 1 aliphatic rings. The fourth-order valence-corrected chi connectivity index (χ4v) is 4.14. The highest BCUT2D eigenvalue weighted by Crippen LogP contribution is 2.43. The molecule has 6 nitrogen and oxygen atoms in total. The molecular weight excluding hydrogens is 404 g/mol. The minimum absolute atomic E-state index is 0.125. The van der Waals surface area contributed by atoms with Crippen LogP contribution in [0.3, 0.4) is 0 Å². The van der Waals surface area contributed by atoms with E-state index >= 15 is 0 Å². The number of para-hydroxylation sites is 1. The first kappa shape index (κ1) is 19.7. The van der Waals surface area contributed by atoms with Crippen molar-refractivity contribution >= 4 is 35.1 Å². The van der Waals surface area contributed by atoms with Gasteiger partial charge in [0.2, 0.25) is 23.2 Å². The van der Waals surface area contributed by atoms with Gasteiger partial charge in [-0.25, -0.2) is 0 Å². The number of nitrogens with zero attached hydrogens (tertiary/aromatic N) is 4. The third kappa shape index (κ3) is 3.82. The van der Waals surface area contributed by atoms with E-state index in [1.165, 1.54) is 18.7 Å². The van der Waals surface area contributed by atoms with Crippen molar-refractivity contribution < 1.29 is 9.53 Å². The Bertz CT molecular complexity index is 1040. The van der Waals surface area contributed by atoms with Crippen molar-refractivity contribution in [2.45, 2.75) is 30.1 Å². The molecule has 0 radical (unpaired) electrons. The summed E-state index contributed by atoms with van der Waals surface area (Å²) < 4.78 is 6.33. The van der Waals surface area contributed by atoms with E-state index in [-0.39, 0.29) is 5.91 Å². The Balaban J connectivity index is 1.91. The van der Waals surface area contributed by atoms with Gasteiger partial charge >= 0.3 is 0 Å². The number of benzene rings is 2. The Morgan fingerprint density at radius 2 is 1.90 bits per heavy atom. The van der Waals surface area contributed by atoms with Gasteiger partial charge in [-0.1, -0.05) is 49.0 Å². The SMILES string of the molecule is CCSc1nnc2c(n1)O[C@@H](c1ccc(SC)cc1)N(C(C)=O)c1ccccc1-2. The molecule has 3 aromatic rings. The number of aromatic nitrogens is 3. The third-order valence-electron chi connectivity index (χ3n) is 4.53. The summed E-state index contributed by atoms with van der Waals surface area (Å²) in [5.41, 5.74) is 2.90. The van der Waals surface area contributed by atoms with Gasteiger partial charge in [0.05, 0.1) is 5.69 Å². The van der Waals surface area contributed by atoms with E-state index in [1.54, 1.807) is 16.7 Å². The molecule has 0 saturated heterocycles. The van der Waals surface area contributed by atoms with Crippen molar-refractivity contribution in [2.24, 2.45) is 0 Å². The number of carbonyl (C=O) groups excluding carboxylic acids is 1. The predicted octanol–water partition coefficient (Wildman–Crippen LogP) is 4.82. The first-order valence-electron chi connectivity index (χ1n) is 9.19. The largest absolute Gasteiger partial charge is 0.447 e. The lowest BCUT2D eigenvalue weighted by atomic mass is 10.1. The molecule has 0 bridgehead atoms. The number of hydrogen-bond donors (Lipinski definition) is 0.